The van der Waals surface area contributed by atoms with Gasteiger partial charge in [0.2, 0.25) is 17.7 Å². The van der Waals surface area contributed by atoms with Crippen molar-refractivity contribution in [2.75, 3.05) is 35.5 Å². The van der Waals surface area contributed by atoms with Crippen molar-refractivity contribution in [2.45, 2.75) is 112 Å². The molecule has 6 aromatic rings. The molecular weight excluding hydrogens is 1040 g/mol. The molecule has 0 saturated carbocycles. The summed E-state index contributed by atoms with van der Waals surface area (Å²) in [4.78, 5) is 85.1. The van der Waals surface area contributed by atoms with Crippen LogP contribution in [-0.4, -0.2) is 82.5 Å². The van der Waals surface area contributed by atoms with Crippen LogP contribution in [0.5, 0.6) is 11.5 Å². The maximum absolute atomic E-state index is 13.1. The van der Waals surface area contributed by atoms with E-state index in [9.17, 15) is 38.7 Å². The number of aliphatic carboxylic acids is 2. The van der Waals surface area contributed by atoms with E-state index in [1.807, 2.05) is 84.0 Å². The number of para-hydroxylation sites is 2. The Kier molecular flexibility index (Phi) is 23.4. The van der Waals surface area contributed by atoms with Crippen LogP contribution < -0.4 is 46.7 Å². The van der Waals surface area contributed by atoms with Gasteiger partial charge in [0.1, 0.15) is 17.5 Å². The van der Waals surface area contributed by atoms with Gasteiger partial charge in [0.05, 0.1) is 67.8 Å². The lowest BCUT2D eigenvalue weighted by Gasteiger charge is -2.18. The van der Waals surface area contributed by atoms with Crippen molar-refractivity contribution in [2.24, 2.45) is 17.8 Å². The highest BCUT2D eigenvalue weighted by Crippen LogP contribution is 2.30. The summed E-state index contributed by atoms with van der Waals surface area (Å²) in [5.74, 6) is -1.51. The highest BCUT2D eigenvalue weighted by Gasteiger charge is 2.26. The Hall–Kier alpha value is -9.21. The summed E-state index contributed by atoms with van der Waals surface area (Å²) in [5, 5.41) is 46.0. The Balaban J connectivity index is 0.000000298. The first-order chi connectivity index (χ1) is 38.5. The number of carbonyl (C=O) groups excluding carboxylic acids is 5. The number of nitrogens with one attached hydrogen (secondary N) is 7. The third-order valence-corrected chi connectivity index (χ3v) is 12.5. The number of aromatic nitrogens is 2. The molecule has 4 unspecified atom stereocenters. The normalized spacial score (nSPS) is 12.3. The predicted molar refractivity (Wildman–Crippen MR) is 304 cm³/mol. The van der Waals surface area contributed by atoms with Gasteiger partial charge in [-0.2, -0.15) is 0 Å². The van der Waals surface area contributed by atoms with Crippen molar-refractivity contribution in [3.05, 3.63) is 142 Å². The predicted octanol–water partition coefficient (Wildman–Crippen LogP) is 9.56. The number of ether oxygens (including phenoxy) is 2. The number of aryl methyl sites for hydroxylation is 2. The number of benzene rings is 4. The Morgan fingerprint density at radius 2 is 0.938 bits per heavy atom. The van der Waals surface area contributed by atoms with E-state index in [0.29, 0.717) is 81.1 Å². The van der Waals surface area contributed by atoms with E-state index in [4.69, 9.17) is 23.6 Å². The van der Waals surface area contributed by atoms with E-state index in [0.717, 1.165) is 11.1 Å². The second-order valence-electron chi connectivity index (χ2n) is 20.4. The first-order valence-corrected chi connectivity index (χ1v) is 26.3. The number of hydrogen-bond acceptors (Lipinski definition) is 13. The van der Waals surface area contributed by atoms with Crippen molar-refractivity contribution in [3.63, 3.8) is 0 Å². The van der Waals surface area contributed by atoms with Gasteiger partial charge in [-0.15, -0.1) is 0 Å². The number of urea groups is 2. The monoisotopic (exact) mass is 1120 g/mol. The molecule has 0 spiro atoms. The maximum Gasteiger partial charge on any atom is 0.326 e. The van der Waals surface area contributed by atoms with Gasteiger partial charge in [0.15, 0.2) is 11.5 Å². The summed E-state index contributed by atoms with van der Waals surface area (Å²) in [6, 6.07) is 25.5. The smallest absolute Gasteiger partial charge is 0.326 e. The van der Waals surface area contributed by atoms with Crippen molar-refractivity contribution in [3.8, 4) is 11.5 Å². The third kappa shape index (κ3) is 20.2. The highest BCUT2D eigenvalue weighted by atomic mass is 16.5. The number of carboxylic acids is 2. The van der Waals surface area contributed by atoms with Crippen LogP contribution in [0.3, 0.4) is 0 Å². The second kappa shape index (κ2) is 30.2. The molecule has 7 amide bonds. The fourth-order valence-electron chi connectivity index (χ4n) is 8.41. The molecule has 9 N–H and O–H groups in total. The van der Waals surface area contributed by atoms with Gasteiger partial charge in [-0.1, -0.05) is 93.5 Å². The van der Waals surface area contributed by atoms with E-state index in [2.05, 4.69) is 47.5 Å². The Labute approximate surface area is 470 Å². The maximum atomic E-state index is 13.1. The molecule has 0 radical (unpaired) electrons. The van der Waals surface area contributed by atoms with E-state index in [1.165, 1.54) is 21.1 Å². The third-order valence-electron chi connectivity index (χ3n) is 12.5. The summed E-state index contributed by atoms with van der Waals surface area (Å²) < 4.78 is 21.9. The summed E-state index contributed by atoms with van der Waals surface area (Å²) in [7, 11) is 2.97. The molecule has 2 heterocycles. The minimum Gasteiger partial charge on any atom is -0.495 e. The van der Waals surface area contributed by atoms with E-state index in [-0.39, 0.29) is 49.3 Å². The number of rotatable bonds is 25. The molecule has 22 nitrogen and oxygen atoms in total. The molecule has 2 aromatic heterocycles. The molecule has 0 bridgehead atoms. The Morgan fingerprint density at radius 1 is 0.531 bits per heavy atom. The number of carboxylic acid groups (broad SMARTS) is 2. The molecule has 22 heteroatoms. The first-order valence-electron chi connectivity index (χ1n) is 26.3. The molecule has 0 aliphatic rings. The van der Waals surface area contributed by atoms with Crippen LogP contribution in [-0.2, 0) is 49.7 Å². The zero-order valence-corrected chi connectivity index (χ0v) is 47.2. The average Bonchev–Trinajstić information content (AvgIpc) is 4.09. The molecular formula is C59H73N9O13. The van der Waals surface area contributed by atoms with Gasteiger partial charge in [-0.3, -0.25) is 19.2 Å². The molecule has 6 rings (SSSR count). The molecule has 4 atom stereocenters. The van der Waals surface area contributed by atoms with Crippen LogP contribution in [0, 0.1) is 31.6 Å². The SMILES string of the molecule is COc1cc(CC(=O)NC(CC(C)C)c2cc(CC(C)C(=O)O)no2)ccc1NC(=O)Nc1ccccc1C.COc1cc(CC(=O)NC(CC(C)C)c2cc(CC(NC(C)=O)C(=O)O)no2)ccc1NC(=O)Nc1ccccc1C. The van der Waals surface area contributed by atoms with Gasteiger partial charge in [0, 0.05) is 43.3 Å². The summed E-state index contributed by atoms with van der Waals surface area (Å²) in [6.07, 6.45) is 1.46. The minimum atomic E-state index is -1.19. The number of hydrogen-bond donors (Lipinski definition) is 9. The van der Waals surface area contributed by atoms with Crippen LogP contribution >= 0.6 is 0 Å². The van der Waals surface area contributed by atoms with Crippen LogP contribution in [0.1, 0.15) is 112 Å². The largest absolute Gasteiger partial charge is 0.495 e. The standard InChI is InChI=1S/C30H37N5O7.C29H36N4O6/c1-17(2)12-24(27-16-21(35-42-27)15-25(29(38)39)31-19(4)36)32-28(37)14-20-10-11-23(26(13-20)41-5)34-30(40)33-22-9-7-6-8-18(22)3;1-17(2)12-24(26-16-21(33-39-26)13-19(4)28(35)36)30-27(34)15-20-10-11-23(25(14-20)38-5)32-29(37)31-22-9-7-6-8-18(22)3/h6-11,13,16-17,24-25H,12,14-15H2,1-5H3,(H,31,36)(H,32,37)(H,38,39)(H2,33,34,40);6-11,14,16-17,19,24H,12-13,15H2,1-5H3,(H,30,34)(H,35,36)(H2,31,32,37). The molecule has 0 fully saturated rings. The quantitative estimate of drug-likeness (QED) is 0.0258. The zero-order chi connectivity index (χ0) is 59.3. The van der Waals surface area contributed by atoms with Crippen LogP contribution in [0.4, 0.5) is 32.3 Å². The van der Waals surface area contributed by atoms with Crippen molar-refractivity contribution >= 4 is 64.5 Å². The molecule has 0 saturated heterocycles. The molecule has 4 aromatic carbocycles. The summed E-state index contributed by atoms with van der Waals surface area (Å²) >= 11 is 0. The minimum absolute atomic E-state index is 0.0330. The van der Waals surface area contributed by atoms with Crippen molar-refractivity contribution in [1.29, 1.82) is 0 Å². The second-order valence-corrected chi connectivity index (χ2v) is 20.4. The first kappa shape index (κ1) is 62.6. The van der Waals surface area contributed by atoms with Crippen molar-refractivity contribution in [1.82, 2.24) is 26.3 Å². The zero-order valence-electron chi connectivity index (χ0n) is 47.2. The molecule has 0 aliphatic carbocycles. The number of methoxy groups -OCH3 is 2. The van der Waals surface area contributed by atoms with Crippen molar-refractivity contribution < 1.29 is 62.3 Å². The number of anilines is 4. The Bertz CT molecular complexity index is 3130. The molecule has 0 aliphatic heterocycles. The van der Waals surface area contributed by atoms with E-state index >= 15 is 0 Å². The summed E-state index contributed by atoms with van der Waals surface area (Å²) in [5.41, 5.74) is 6.40. The Morgan fingerprint density at radius 3 is 1.31 bits per heavy atom. The average molecular weight is 1120 g/mol. The topological polar surface area (TPSA) is 315 Å². The lowest BCUT2D eigenvalue weighted by Crippen LogP contribution is -2.41. The van der Waals surface area contributed by atoms with Crippen LogP contribution in [0.15, 0.2) is 106 Å². The van der Waals surface area contributed by atoms with E-state index in [1.54, 1.807) is 61.5 Å². The lowest BCUT2D eigenvalue weighted by molar-refractivity contribution is -0.142. The van der Waals surface area contributed by atoms with Crippen LogP contribution in [0.2, 0.25) is 0 Å². The number of carbonyl (C=O) groups is 7. The highest BCUT2D eigenvalue weighted by molar-refractivity contribution is 6.02. The molecule has 81 heavy (non-hydrogen) atoms. The number of nitrogens with zero attached hydrogens (tertiary/aromatic N) is 2. The van der Waals surface area contributed by atoms with Gasteiger partial charge in [-0.05, 0) is 97.2 Å². The van der Waals surface area contributed by atoms with Crippen LogP contribution in [0.25, 0.3) is 0 Å². The van der Waals surface area contributed by atoms with Gasteiger partial charge >= 0.3 is 24.0 Å². The lowest BCUT2D eigenvalue weighted by atomic mass is 10.00. The van der Waals surface area contributed by atoms with Gasteiger partial charge < -0.3 is 66.0 Å². The summed E-state index contributed by atoms with van der Waals surface area (Å²) in [6.45, 7) is 14.7. The van der Waals surface area contributed by atoms with Gasteiger partial charge in [0.25, 0.3) is 0 Å². The molecule has 432 valence electrons. The van der Waals surface area contributed by atoms with Gasteiger partial charge in [-0.25, -0.2) is 14.4 Å². The number of amides is 7. The fraction of sp³-hybridized carbons (Fsp3) is 0.373. The van der Waals surface area contributed by atoms with E-state index < -0.39 is 54.0 Å². The fourth-order valence-corrected chi connectivity index (χ4v) is 8.41.